The van der Waals surface area contributed by atoms with Crippen LogP contribution in [-0.2, 0) is 6.18 Å². The van der Waals surface area contributed by atoms with Gasteiger partial charge in [-0.15, -0.1) is 0 Å². The summed E-state index contributed by atoms with van der Waals surface area (Å²) in [5, 5.41) is 15.3. The Hall–Kier alpha value is -2.88. The average molecular weight is 349 g/mol. The van der Waals surface area contributed by atoms with Crippen molar-refractivity contribution in [1.29, 1.82) is 10.7 Å². The van der Waals surface area contributed by atoms with Crippen LogP contribution in [0.15, 0.2) is 41.2 Å². The Kier molecular flexibility index (Phi) is 7.12. The molecule has 2 rings (SSSR count). The summed E-state index contributed by atoms with van der Waals surface area (Å²) in [6, 6.07) is 10.2. The van der Waals surface area contributed by atoms with Gasteiger partial charge in [0.1, 0.15) is 11.6 Å². The molecule has 1 aromatic carbocycles. The van der Waals surface area contributed by atoms with E-state index in [1.54, 1.807) is 30.3 Å². The molecule has 2 aromatic rings. The number of nitriles is 1. The van der Waals surface area contributed by atoms with Gasteiger partial charge < -0.3 is 10.4 Å². The molecule has 0 amide bonds. The van der Waals surface area contributed by atoms with Crippen LogP contribution < -0.4 is 5.56 Å². The van der Waals surface area contributed by atoms with E-state index in [2.05, 4.69) is 11.9 Å². The van der Waals surface area contributed by atoms with Crippen LogP contribution in [-0.4, -0.2) is 11.2 Å². The minimum absolute atomic E-state index is 0.0249. The van der Waals surface area contributed by atoms with Gasteiger partial charge in [0.15, 0.2) is 0 Å². The Balaban J connectivity index is 0.000000450. The monoisotopic (exact) mass is 349 g/mol. The number of hydrogen-bond donors (Lipinski definition) is 2. The van der Waals surface area contributed by atoms with Gasteiger partial charge in [0, 0.05) is 5.69 Å². The van der Waals surface area contributed by atoms with Crippen LogP contribution in [0.4, 0.5) is 13.2 Å². The predicted molar refractivity (Wildman–Crippen MR) is 90.5 cm³/mol. The standard InChI is InChI=1S/C13H7F3N2O.C5H11N/c14-13(15,16)10-6-11(8-4-2-1-3-5-8)18-12(19)9(10)7-17;1-3-5(2)4-6/h1-6H,(H,18,19);4-6H,3H2,1-2H3. The molecule has 0 aliphatic carbocycles. The lowest BCUT2D eigenvalue weighted by atomic mass is 10.1. The quantitative estimate of drug-likeness (QED) is 0.793. The number of benzene rings is 1. The molecule has 1 aromatic heterocycles. The Morgan fingerprint density at radius 2 is 1.92 bits per heavy atom. The second-order valence-corrected chi connectivity index (χ2v) is 5.33. The topological polar surface area (TPSA) is 80.5 Å². The Morgan fingerprint density at radius 3 is 2.32 bits per heavy atom. The molecular weight excluding hydrogens is 331 g/mol. The van der Waals surface area contributed by atoms with E-state index in [-0.39, 0.29) is 5.69 Å². The van der Waals surface area contributed by atoms with Gasteiger partial charge in [0.25, 0.3) is 5.56 Å². The first-order chi connectivity index (χ1) is 11.7. The van der Waals surface area contributed by atoms with Gasteiger partial charge in [0.05, 0.1) is 5.56 Å². The zero-order valence-electron chi connectivity index (χ0n) is 13.8. The zero-order valence-corrected chi connectivity index (χ0v) is 13.8. The lowest BCUT2D eigenvalue weighted by Crippen LogP contribution is -2.19. The number of H-pyrrole nitrogens is 1. The first-order valence-corrected chi connectivity index (χ1v) is 7.55. The molecular formula is C18H18F3N3O. The molecule has 1 atom stereocenters. The zero-order chi connectivity index (χ0) is 19.0. The van der Waals surface area contributed by atoms with Crippen molar-refractivity contribution in [3.8, 4) is 17.3 Å². The van der Waals surface area contributed by atoms with Gasteiger partial charge in [-0.1, -0.05) is 44.2 Å². The van der Waals surface area contributed by atoms with Crippen molar-refractivity contribution in [2.75, 3.05) is 0 Å². The second kappa shape index (κ2) is 8.83. The Bertz CT molecular complexity index is 805. The van der Waals surface area contributed by atoms with Gasteiger partial charge >= 0.3 is 6.18 Å². The molecule has 0 saturated carbocycles. The van der Waals surface area contributed by atoms with E-state index in [4.69, 9.17) is 10.7 Å². The van der Waals surface area contributed by atoms with Crippen LogP contribution in [0.1, 0.15) is 31.4 Å². The third kappa shape index (κ3) is 5.60. The highest BCUT2D eigenvalue weighted by atomic mass is 19.4. The third-order valence-electron chi connectivity index (χ3n) is 3.46. The van der Waals surface area contributed by atoms with Crippen LogP contribution in [0.5, 0.6) is 0 Å². The van der Waals surface area contributed by atoms with Crippen molar-refractivity contribution in [3.05, 3.63) is 57.9 Å². The molecule has 1 unspecified atom stereocenters. The first kappa shape index (κ1) is 20.2. The number of aromatic amines is 1. The molecule has 0 fully saturated rings. The SMILES string of the molecule is CCC(C)C=N.N#Cc1c(C(F)(F)F)cc(-c2ccccc2)[nH]c1=O. The number of alkyl halides is 3. The summed E-state index contributed by atoms with van der Waals surface area (Å²) >= 11 is 0. The molecule has 0 spiro atoms. The van der Waals surface area contributed by atoms with Crippen molar-refractivity contribution < 1.29 is 13.2 Å². The Labute approximate surface area is 143 Å². The normalized spacial score (nSPS) is 11.7. The van der Waals surface area contributed by atoms with Gasteiger partial charge in [-0.25, -0.2) is 0 Å². The van der Waals surface area contributed by atoms with Crippen molar-refractivity contribution in [3.63, 3.8) is 0 Å². The highest BCUT2D eigenvalue weighted by molar-refractivity contribution is 5.61. The number of rotatable bonds is 3. The van der Waals surface area contributed by atoms with E-state index in [0.29, 0.717) is 11.5 Å². The highest BCUT2D eigenvalue weighted by Crippen LogP contribution is 2.32. The fraction of sp³-hybridized carbons (Fsp3) is 0.278. The molecule has 132 valence electrons. The molecule has 4 nitrogen and oxygen atoms in total. The average Bonchev–Trinajstić information content (AvgIpc) is 2.60. The largest absolute Gasteiger partial charge is 0.417 e. The summed E-state index contributed by atoms with van der Waals surface area (Å²) in [5.41, 5.74) is -2.73. The third-order valence-corrected chi connectivity index (χ3v) is 3.46. The van der Waals surface area contributed by atoms with Gasteiger partial charge in [0.2, 0.25) is 0 Å². The summed E-state index contributed by atoms with van der Waals surface area (Å²) in [4.78, 5) is 13.8. The van der Waals surface area contributed by atoms with Crippen molar-refractivity contribution in [2.45, 2.75) is 26.4 Å². The predicted octanol–water partition coefficient (Wildman–Crippen LogP) is 4.61. The first-order valence-electron chi connectivity index (χ1n) is 7.55. The maximum absolute atomic E-state index is 12.8. The van der Waals surface area contributed by atoms with E-state index in [9.17, 15) is 18.0 Å². The van der Waals surface area contributed by atoms with Gasteiger partial charge in [-0.2, -0.15) is 18.4 Å². The summed E-state index contributed by atoms with van der Waals surface area (Å²) in [5.74, 6) is 0.477. The maximum atomic E-state index is 12.8. The molecule has 25 heavy (non-hydrogen) atoms. The number of pyridine rings is 1. The summed E-state index contributed by atoms with van der Waals surface area (Å²) in [6.07, 6.45) is -2.19. The maximum Gasteiger partial charge on any atom is 0.417 e. The summed E-state index contributed by atoms with van der Waals surface area (Å²) in [6.45, 7) is 4.11. The van der Waals surface area contributed by atoms with Crippen LogP contribution in [0.3, 0.4) is 0 Å². The summed E-state index contributed by atoms with van der Waals surface area (Å²) < 4.78 is 38.4. The number of aromatic nitrogens is 1. The van der Waals surface area contributed by atoms with E-state index < -0.39 is 22.9 Å². The van der Waals surface area contributed by atoms with Gasteiger partial charge in [-0.05, 0) is 30.2 Å². The highest BCUT2D eigenvalue weighted by Gasteiger charge is 2.35. The smallest absolute Gasteiger partial charge is 0.321 e. The summed E-state index contributed by atoms with van der Waals surface area (Å²) in [7, 11) is 0. The van der Waals surface area contributed by atoms with Crippen molar-refractivity contribution in [1.82, 2.24) is 4.98 Å². The molecule has 0 radical (unpaired) electrons. The molecule has 0 aliphatic heterocycles. The molecule has 0 aliphatic rings. The van der Waals surface area contributed by atoms with E-state index in [0.717, 1.165) is 12.5 Å². The van der Waals surface area contributed by atoms with Gasteiger partial charge in [-0.3, -0.25) is 4.79 Å². The van der Waals surface area contributed by atoms with Crippen LogP contribution >= 0.6 is 0 Å². The van der Waals surface area contributed by atoms with E-state index in [1.165, 1.54) is 12.3 Å². The second-order valence-electron chi connectivity index (χ2n) is 5.33. The molecule has 0 bridgehead atoms. The fourth-order valence-corrected chi connectivity index (χ4v) is 1.79. The Morgan fingerprint density at radius 1 is 1.32 bits per heavy atom. The number of hydrogen-bond acceptors (Lipinski definition) is 3. The molecule has 2 N–H and O–H groups in total. The lowest BCUT2D eigenvalue weighted by Gasteiger charge is -2.10. The number of nitrogens with one attached hydrogen (secondary N) is 2. The van der Waals surface area contributed by atoms with Crippen LogP contribution in [0.25, 0.3) is 11.3 Å². The van der Waals surface area contributed by atoms with Crippen molar-refractivity contribution >= 4 is 6.21 Å². The van der Waals surface area contributed by atoms with E-state index >= 15 is 0 Å². The minimum Gasteiger partial charge on any atom is -0.321 e. The molecule has 1 heterocycles. The molecule has 7 heteroatoms. The fourth-order valence-electron chi connectivity index (χ4n) is 1.79. The lowest BCUT2D eigenvalue weighted by molar-refractivity contribution is -0.137. The van der Waals surface area contributed by atoms with Crippen molar-refractivity contribution in [2.24, 2.45) is 5.92 Å². The minimum atomic E-state index is -4.75. The van der Waals surface area contributed by atoms with Crippen LogP contribution in [0, 0.1) is 22.7 Å². The van der Waals surface area contributed by atoms with Crippen LogP contribution in [0.2, 0.25) is 0 Å². The van der Waals surface area contributed by atoms with E-state index in [1.807, 2.05) is 6.92 Å². The number of halogens is 3. The number of nitrogens with zero attached hydrogens (tertiary/aromatic N) is 1. The molecule has 0 saturated heterocycles.